The molecule has 0 amide bonds. The van der Waals surface area contributed by atoms with Gasteiger partial charge in [0.2, 0.25) is 0 Å². The van der Waals surface area contributed by atoms with Crippen molar-refractivity contribution in [3.63, 3.8) is 0 Å². The highest BCUT2D eigenvalue weighted by molar-refractivity contribution is 9.12. The fraction of sp³-hybridized carbons (Fsp3) is 0.257. The molecule has 4 aromatic rings. The molecule has 2 N–H and O–H groups in total. The maximum Gasteiger partial charge on any atom is 0.338 e. The zero-order valence-electron chi connectivity index (χ0n) is 26.6. The van der Waals surface area contributed by atoms with Crippen LogP contribution in [-0.2, 0) is 14.9 Å². The molecule has 0 aliphatic heterocycles. The van der Waals surface area contributed by atoms with Gasteiger partial charge in [-0.2, -0.15) is 0 Å². The summed E-state index contributed by atoms with van der Waals surface area (Å²) in [5.41, 5.74) is 2.08. The lowest BCUT2D eigenvalue weighted by molar-refractivity contribution is 0.0125. The van der Waals surface area contributed by atoms with Crippen molar-refractivity contribution in [1.29, 1.82) is 0 Å². The van der Waals surface area contributed by atoms with Crippen LogP contribution in [-0.4, -0.2) is 60.8 Å². The predicted molar refractivity (Wildman–Crippen MR) is 223 cm³/mol. The van der Waals surface area contributed by atoms with Crippen molar-refractivity contribution in [2.45, 2.75) is 31.5 Å². The molecule has 16 heteroatoms. The van der Waals surface area contributed by atoms with Crippen LogP contribution in [0.15, 0.2) is 96.4 Å². The van der Waals surface area contributed by atoms with Gasteiger partial charge in [0.25, 0.3) is 0 Å². The first-order valence-electron chi connectivity index (χ1n) is 14.8. The van der Waals surface area contributed by atoms with E-state index < -0.39 is 29.6 Å². The summed E-state index contributed by atoms with van der Waals surface area (Å²) in [4.78, 5) is 24.9. The fourth-order valence-corrected chi connectivity index (χ4v) is 10.0. The molecule has 0 heterocycles. The van der Waals surface area contributed by atoms with Crippen molar-refractivity contribution in [2.75, 3.05) is 26.4 Å². The lowest BCUT2D eigenvalue weighted by atomic mass is 9.78. The minimum Gasteiger partial charge on any atom is -0.488 e. The third-order valence-corrected chi connectivity index (χ3v) is 11.5. The van der Waals surface area contributed by atoms with Gasteiger partial charge in [-0.3, -0.25) is 0 Å². The Bertz CT molecular complexity index is 1700. The summed E-state index contributed by atoms with van der Waals surface area (Å²) >= 11 is 27.8. The Hall–Kier alpha value is -0.820. The number of benzene rings is 4. The van der Waals surface area contributed by atoms with Crippen LogP contribution in [0.5, 0.6) is 11.5 Å². The Labute approximate surface area is 362 Å². The zero-order chi connectivity index (χ0) is 37.6. The number of hydrogen-bond donors (Lipinski definition) is 2. The quantitative estimate of drug-likeness (QED) is 0.120. The number of halogens is 8. The van der Waals surface area contributed by atoms with E-state index >= 15 is 0 Å². The highest BCUT2D eigenvalue weighted by Crippen LogP contribution is 2.44. The topological polar surface area (TPSA) is 112 Å². The number of carbonyl (C=O) groups excluding carboxylic acids is 2. The van der Waals surface area contributed by atoms with Gasteiger partial charge < -0.3 is 29.2 Å². The molecule has 0 fully saturated rings. The molecule has 0 radical (unpaired) electrons. The number of ether oxygens (including phenoxy) is 4. The minimum atomic E-state index is -1.06. The lowest BCUT2D eigenvalue weighted by Gasteiger charge is -2.28. The first-order chi connectivity index (χ1) is 23.9. The predicted octanol–water partition coefficient (Wildman–Crippen LogP) is 11.3. The summed E-state index contributed by atoms with van der Waals surface area (Å²) < 4.78 is 27.9. The first kappa shape index (κ1) is 42.9. The molecular formula is C35H28Br8O8. The van der Waals surface area contributed by atoms with Gasteiger partial charge in [0.1, 0.15) is 50.1 Å². The average molecular weight is 1220 g/mol. The summed E-state index contributed by atoms with van der Waals surface area (Å²) in [5, 5.41) is 20.9. The number of rotatable bonds is 14. The van der Waals surface area contributed by atoms with Crippen molar-refractivity contribution in [1.82, 2.24) is 0 Å². The molecule has 51 heavy (non-hydrogen) atoms. The molecule has 272 valence electrons. The van der Waals surface area contributed by atoms with Gasteiger partial charge in [-0.15, -0.1) is 0 Å². The van der Waals surface area contributed by atoms with Gasteiger partial charge in [0.15, 0.2) is 0 Å². The summed E-state index contributed by atoms with van der Waals surface area (Å²) in [6, 6.07) is 17.9. The third-order valence-electron chi connectivity index (χ3n) is 7.29. The number of hydrogen-bond acceptors (Lipinski definition) is 8. The second kappa shape index (κ2) is 19.2. The summed E-state index contributed by atoms with van der Waals surface area (Å²) in [6.07, 6.45) is -2.13. The lowest BCUT2D eigenvalue weighted by Crippen LogP contribution is -2.26. The fourth-order valence-electron chi connectivity index (χ4n) is 4.59. The van der Waals surface area contributed by atoms with E-state index in [1.165, 1.54) is 0 Å². The van der Waals surface area contributed by atoms with E-state index in [1.807, 2.05) is 24.3 Å². The van der Waals surface area contributed by atoms with Gasteiger partial charge in [0.05, 0.1) is 29.0 Å². The van der Waals surface area contributed by atoms with Gasteiger partial charge in [0, 0.05) is 23.3 Å². The molecule has 0 aliphatic carbocycles. The molecular weight excluding hydrogens is 1190 g/mol. The third kappa shape index (κ3) is 12.1. The van der Waals surface area contributed by atoms with Crippen molar-refractivity contribution in [3.05, 3.63) is 119 Å². The summed E-state index contributed by atoms with van der Waals surface area (Å²) in [7, 11) is 0. The van der Waals surface area contributed by atoms with E-state index in [2.05, 4.69) is 141 Å². The Morgan fingerprint density at radius 3 is 1.12 bits per heavy atom. The Balaban J connectivity index is 1.35. The standard InChI is InChI=1S/C35H28Br8O8/c1-35(2,19-7-27(40)31(28(41)8-19)48-13-25(44)15-50-33(46)17-3-21(36)11-22(37)4-17)20-9-29(42)32(30(43)10-20)49-14-26(45)16-51-34(47)18-5-23(38)12-24(39)6-18/h3-12,25-26,44-45H,13-16H2,1-2H3. The minimum absolute atomic E-state index is 0.114. The number of aliphatic hydroxyl groups is 2. The van der Waals surface area contributed by atoms with E-state index in [4.69, 9.17) is 18.9 Å². The van der Waals surface area contributed by atoms with Crippen LogP contribution in [0.3, 0.4) is 0 Å². The van der Waals surface area contributed by atoms with Gasteiger partial charge in [-0.05, 0) is 136 Å². The van der Waals surface area contributed by atoms with E-state index in [0.29, 0.717) is 40.5 Å². The van der Waals surface area contributed by atoms with Crippen molar-refractivity contribution >= 4 is 139 Å². The zero-order valence-corrected chi connectivity index (χ0v) is 39.3. The van der Waals surface area contributed by atoms with Gasteiger partial charge in [-0.25, -0.2) is 9.59 Å². The van der Waals surface area contributed by atoms with Crippen LogP contribution >= 0.6 is 127 Å². The molecule has 2 atom stereocenters. The summed E-state index contributed by atoms with van der Waals surface area (Å²) in [6.45, 7) is 3.42. The molecule has 0 bridgehead atoms. The smallest absolute Gasteiger partial charge is 0.338 e. The molecule has 2 unspecified atom stereocenters. The van der Waals surface area contributed by atoms with Crippen LogP contribution in [0.4, 0.5) is 0 Å². The van der Waals surface area contributed by atoms with E-state index in [9.17, 15) is 19.8 Å². The molecule has 8 nitrogen and oxygen atoms in total. The molecule has 0 aromatic heterocycles. The molecule has 4 rings (SSSR count). The Kier molecular flexibility index (Phi) is 16.1. The second-order valence-electron chi connectivity index (χ2n) is 11.6. The highest BCUT2D eigenvalue weighted by Gasteiger charge is 2.28. The van der Waals surface area contributed by atoms with E-state index in [0.717, 1.165) is 29.0 Å². The van der Waals surface area contributed by atoms with Crippen LogP contribution in [0.2, 0.25) is 0 Å². The second-order valence-corrected chi connectivity index (χ2v) is 18.7. The SMILES string of the molecule is CC(C)(c1cc(Br)c(OCC(O)COC(=O)c2cc(Br)cc(Br)c2)c(Br)c1)c1cc(Br)c(OCC(O)COC(=O)c2cc(Br)cc(Br)c2)c(Br)c1. The molecule has 0 aliphatic rings. The largest absolute Gasteiger partial charge is 0.488 e. The van der Waals surface area contributed by atoms with E-state index in [1.54, 1.807) is 36.4 Å². The highest BCUT2D eigenvalue weighted by atomic mass is 79.9. The van der Waals surface area contributed by atoms with Crippen LogP contribution in [0.25, 0.3) is 0 Å². The molecule has 0 spiro atoms. The maximum atomic E-state index is 12.4. The maximum absolute atomic E-state index is 12.4. The number of aliphatic hydroxyl groups excluding tert-OH is 2. The molecule has 0 saturated heterocycles. The van der Waals surface area contributed by atoms with Crippen molar-refractivity contribution in [3.8, 4) is 11.5 Å². The number of carbonyl (C=O) groups is 2. The Morgan fingerprint density at radius 1 is 0.529 bits per heavy atom. The van der Waals surface area contributed by atoms with Crippen LogP contribution in [0.1, 0.15) is 45.7 Å². The van der Waals surface area contributed by atoms with Crippen molar-refractivity contribution in [2.24, 2.45) is 0 Å². The Morgan fingerprint density at radius 2 is 0.824 bits per heavy atom. The van der Waals surface area contributed by atoms with E-state index in [-0.39, 0.29) is 26.4 Å². The van der Waals surface area contributed by atoms with Gasteiger partial charge in [-0.1, -0.05) is 77.6 Å². The monoisotopic (exact) mass is 1210 g/mol. The van der Waals surface area contributed by atoms with Crippen LogP contribution < -0.4 is 9.47 Å². The van der Waals surface area contributed by atoms with Gasteiger partial charge >= 0.3 is 11.9 Å². The van der Waals surface area contributed by atoms with Crippen molar-refractivity contribution < 1.29 is 38.7 Å². The molecule has 0 saturated carbocycles. The summed E-state index contributed by atoms with van der Waals surface area (Å²) in [5.74, 6) is -0.166. The number of esters is 2. The first-order valence-corrected chi connectivity index (χ1v) is 21.2. The van der Waals surface area contributed by atoms with Crippen LogP contribution in [0, 0.1) is 0 Å². The molecule has 4 aromatic carbocycles. The normalized spacial score (nSPS) is 12.6. The average Bonchev–Trinajstić information content (AvgIpc) is 3.04.